The van der Waals surface area contributed by atoms with Crippen molar-refractivity contribution < 1.29 is 14.3 Å². The van der Waals surface area contributed by atoms with Gasteiger partial charge in [0.15, 0.2) is 5.78 Å². The van der Waals surface area contributed by atoms with E-state index >= 15 is 0 Å². The minimum Gasteiger partial charge on any atom is -0.496 e. The Kier molecular flexibility index (Phi) is 5.84. The molecule has 0 spiro atoms. The molecule has 0 aliphatic heterocycles. The standard InChI is InChI=1S/C21H22N4O3/c1-14(16-4-7-19(8-5-16)25-13-22-12-23-25)24-21(27)11-18-10-17(15(2)26)6-9-20(18)28-3/h4-10,12-14H,11H2,1-3H3,(H,24,27)/t14-/m0/s1. The van der Waals surface area contributed by atoms with Crippen LogP contribution in [0.1, 0.15) is 41.4 Å². The van der Waals surface area contributed by atoms with Crippen molar-refractivity contribution in [2.24, 2.45) is 0 Å². The maximum atomic E-state index is 12.5. The van der Waals surface area contributed by atoms with Crippen molar-refractivity contribution in [3.63, 3.8) is 0 Å². The number of nitrogens with zero attached hydrogens (tertiary/aromatic N) is 3. The quantitative estimate of drug-likeness (QED) is 0.639. The first-order chi connectivity index (χ1) is 13.5. The third kappa shape index (κ3) is 4.43. The lowest BCUT2D eigenvalue weighted by molar-refractivity contribution is -0.121. The van der Waals surface area contributed by atoms with Crippen LogP contribution in [-0.2, 0) is 11.2 Å². The van der Waals surface area contributed by atoms with Gasteiger partial charge in [-0.25, -0.2) is 9.67 Å². The summed E-state index contributed by atoms with van der Waals surface area (Å²) in [6.07, 6.45) is 3.24. The molecule has 1 amide bonds. The highest BCUT2D eigenvalue weighted by atomic mass is 16.5. The SMILES string of the molecule is COc1ccc(C(C)=O)cc1CC(=O)N[C@@H](C)c1ccc(-n2cncn2)cc1. The number of hydrogen-bond acceptors (Lipinski definition) is 5. The topological polar surface area (TPSA) is 86.1 Å². The molecular formula is C21H22N4O3. The van der Waals surface area contributed by atoms with Gasteiger partial charge in [0.25, 0.3) is 0 Å². The fourth-order valence-electron chi connectivity index (χ4n) is 2.94. The molecule has 0 unspecified atom stereocenters. The maximum absolute atomic E-state index is 12.5. The van der Waals surface area contributed by atoms with E-state index in [2.05, 4.69) is 15.4 Å². The summed E-state index contributed by atoms with van der Waals surface area (Å²) < 4.78 is 6.98. The highest BCUT2D eigenvalue weighted by Crippen LogP contribution is 2.22. The van der Waals surface area contributed by atoms with E-state index in [4.69, 9.17) is 4.74 Å². The summed E-state index contributed by atoms with van der Waals surface area (Å²) in [5.41, 5.74) is 3.11. The van der Waals surface area contributed by atoms with Crippen LogP contribution in [0.4, 0.5) is 0 Å². The van der Waals surface area contributed by atoms with Crippen molar-refractivity contribution in [2.45, 2.75) is 26.3 Å². The molecule has 0 bridgehead atoms. The van der Waals surface area contributed by atoms with Crippen molar-refractivity contribution in [3.05, 3.63) is 71.8 Å². The Hall–Kier alpha value is -3.48. The lowest BCUT2D eigenvalue weighted by atomic mass is 10.0. The second-order valence-electron chi connectivity index (χ2n) is 6.48. The lowest BCUT2D eigenvalue weighted by Gasteiger charge is -2.16. The van der Waals surface area contributed by atoms with E-state index in [1.165, 1.54) is 13.3 Å². The second-order valence-corrected chi connectivity index (χ2v) is 6.48. The van der Waals surface area contributed by atoms with Crippen molar-refractivity contribution in [1.82, 2.24) is 20.1 Å². The third-order valence-electron chi connectivity index (χ3n) is 4.49. The molecule has 1 heterocycles. The molecule has 0 aliphatic rings. The van der Waals surface area contributed by atoms with E-state index in [0.717, 1.165) is 11.3 Å². The summed E-state index contributed by atoms with van der Waals surface area (Å²) in [4.78, 5) is 28.1. The van der Waals surface area contributed by atoms with Gasteiger partial charge in [0.2, 0.25) is 5.91 Å². The molecule has 7 nitrogen and oxygen atoms in total. The van der Waals surface area contributed by atoms with Gasteiger partial charge in [-0.1, -0.05) is 12.1 Å². The molecule has 144 valence electrons. The van der Waals surface area contributed by atoms with E-state index in [-0.39, 0.29) is 24.2 Å². The van der Waals surface area contributed by atoms with Gasteiger partial charge < -0.3 is 10.1 Å². The number of nitrogens with one attached hydrogen (secondary N) is 1. The number of carbonyl (C=O) groups is 2. The summed E-state index contributed by atoms with van der Waals surface area (Å²) >= 11 is 0. The fraction of sp³-hybridized carbons (Fsp3) is 0.238. The number of aromatic nitrogens is 3. The molecule has 7 heteroatoms. The first-order valence-corrected chi connectivity index (χ1v) is 8.90. The summed E-state index contributed by atoms with van der Waals surface area (Å²) in [7, 11) is 1.55. The number of amides is 1. The Bertz CT molecular complexity index is 966. The number of rotatable bonds is 7. The third-order valence-corrected chi connectivity index (χ3v) is 4.49. The maximum Gasteiger partial charge on any atom is 0.225 e. The molecule has 0 radical (unpaired) electrons. The summed E-state index contributed by atoms with van der Waals surface area (Å²) in [5, 5.41) is 7.08. The normalized spacial score (nSPS) is 11.7. The Balaban J connectivity index is 1.67. The van der Waals surface area contributed by atoms with Crippen molar-refractivity contribution in [2.75, 3.05) is 7.11 Å². The largest absolute Gasteiger partial charge is 0.496 e. The monoisotopic (exact) mass is 378 g/mol. The van der Waals surface area contributed by atoms with E-state index in [9.17, 15) is 9.59 Å². The second kappa shape index (κ2) is 8.47. The smallest absolute Gasteiger partial charge is 0.225 e. The minimum absolute atomic E-state index is 0.0508. The predicted molar refractivity (Wildman–Crippen MR) is 105 cm³/mol. The van der Waals surface area contributed by atoms with Gasteiger partial charge in [-0.3, -0.25) is 9.59 Å². The lowest BCUT2D eigenvalue weighted by Crippen LogP contribution is -2.28. The van der Waals surface area contributed by atoms with Crippen LogP contribution < -0.4 is 10.1 Å². The fourth-order valence-corrected chi connectivity index (χ4v) is 2.94. The van der Waals surface area contributed by atoms with Gasteiger partial charge in [-0.05, 0) is 49.7 Å². The molecule has 28 heavy (non-hydrogen) atoms. The van der Waals surface area contributed by atoms with Gasteiger partial charge in [-0.15, -0.1) is 0 Å². The van der Waals surface area contributed by atoms with Gasteiger partial charge in [-0.2, -0.15) is 5.10 Å². The minimum atomic E-state index is -0.167. The van der Waals surface area contributed by atoms with Crippen LogP contribution in [0.15, 0.2) is 55.1 Å². The Labute approximate surface area is 163 Å². The van der Waals surface area contributed by atoms with Gasteiger partial charge in [0.1, 0.15) is 18.4 Å². The highest BCUT2D eigenvalue weighted by molar-refractivity contribution is 5.94. The zero-order valence-corrected chi connectivity index (χ0v) is 16.0. The number of methoxy groups -OCH3 is 1. The molecule has 3 aromatic rings. The van der Waals surface area contributed by atoms with Crippen LogP contribution in [0.3, 0.4) is 0 Å². The number of ether oxygens (including phenoxy) is 1. The van der Waals surface area contributed by atoms with Crippen molar-refractivity contribution in [3.8, 4) is 11.4 Å². The number of benzene rings is 2. The average Bonchev–Trinajstić information content (AvgIpc) is 3.22. The van der Waals surface area contributed by atoms with Crippen LogP contribution in [-0.4, -0.2) is 33.6 Å². The van der Waals surface area contributed by atoms with Crippen molar-refractivity contribution >= 4 is 11.7 Å². The summed E-state index contributed by atoms with van der Waals surface area (Å²) in [6.45, 7) is 3.42. The molecule has 0 fully saturated rings. The molecular weight excluding hydrogens is 356 g/mol. The number of carbonyl (C=O) groups excluding carboxylic acids is 2. The van der Waals surface area contributed by atoms with E-state index in [1.54, 1.807) is 36.3 Å². The van der Waals surface area contributed by atoms with Crippen LogP contribution >= 0.6 is 0 Å². The molecule has 1 aromatic heterocycles. The molecule has 1 N–H and O–H groups in total. The Morgan fingerprint density at radius 1 is 1.18 bits per heavy atom. The molecule has 0 aliphatic carbocycles. The molecule has 2 aromatic carbocycles. The van der Waals surface area contributed by atoms with Gasteiger partial charge in [0.05, 0.1) is 25.3 Å². The zero-order chi connectivity index (χ0) is 20.1. The van der Waals surface area contributed by atoms with Gasteiger partial charge in [0, 0.05) is 11.1 Å². The van der Waals surface area contributed by atoms with Crippen LogP contribution in [0.5, 0.6) is 5.75 Å². The average molecular weight is 378 g/mol. The van der Waals surface area contributed by atoms with Crippen molar-refractivity contribution in [1.29, 1.82) is 0 Å². The van der Waals surface area contributed by atoms with Crippen LogP contribution in [0.2, 0.25) is 0 Å². The summed E-state index contributed by atoms with van der Waals surface area (Å²) in [6, 6.07) is 12.7. The number of Topliss-reactive ketones (excluding diaryl/α,β-unsaturated/α-hetero) is 1. The Morgan fingerprint density at radius 3 is 2.54 bits per heavy atom. The van der Waals surface area contributed by atoms with E-state index in [0.29, 0.717) is 16.9 Å². The van der Waals surface area contributed by atoms with E-state index < -0.39 is 0 Å². The predicted octanol–water partition coefficient (Wildman–Crippen LogP) is 2.90. The highest BCUT2D eigenvalue weighted by Gasteiger charge is 2.14. The summed E-state index contributed by atoms with van der Waals surface area (Å²) in [5.74, 6) is 0.391. The van der Waals surface area contributed by atoms with Gasteiger partial charge >= 0.3 is 0 Å². The molecule has 1 atom stereocenters. The molecule has 0 saturated heterocycles. The Morgan fingerprint density at radius 2 is 1.93 bits per heavy atom. The van der Waals surface area contributed by atoms with Crippen LogP contribution in [0.25, 0.3) is 5.69 Å². The number of ketones is 1. The number of hydrogen-bond donors (Lipinski definition) is 1. The van der Waals surface area contributed by atoms with E-state index in [1.807, 2.05) is 31.2 Å². The molecule has 0 saturated carbocycles. The first kappa shape index (κ1) is 19.3. The van der Waals surface area contributed by atoms with Crippen LogP contribution in [0, 0.1) is 0 Å². The first-order valence-electron chi connectivity index (χ1n) is 8.90. The zero-order valence-electron chi connectivity index (χ0n) is 16.0. The molecule has 3 rings (SSSR count).